The van der Waals surface area contributed by atoms with Gasteiger partial charge in [0.25, 0.3) is 0 Å². The second-order valence-corrected chi connectivity index (χ2v) is 8.77. The smallest absolute Gasteiger partial charge is 0.220 e. The van der Waals surface area contributed by atoms with E-state index in [1.807, 2.05) is 0 Å². The molecule has 0 aromatic heterocycles. The standard InChI is InChI=1S/C24H47NO2/c1-2-3-4-14-19-23(26)20-15-9-7-5-6-8-10-16-21-24(27)25-22-17-12-11-13-18-22/h22-23,26H,2-21H2,1H3,(H,25,27). The van der Waals surface area contributed by atoms with Gasteiger partial charge in [0.2, 0.25) is 5.91 Å². The summed E-state index contributed by atoms with van der Waals surface area (Å²) in [6.45, 7) is 2.23. The lowest BCUT2D eigenvalue weighted by Gasteiger charge is -2.22. The van der Waals surface area contributed by atoms with E-state index in [4.69, 9.17) is 0 Å². The normalized spacial score (nSPS) is 16.4. The third kappa shape index (κ3) is 15.1. The lowest BCUT2D eigenvalue weighted by atomic mass is 9.95. The molecule has 2 N–H and O–H groups in total. The summed E-state index contributed by atoms with van der Waals surface area (Å²) in [5, 5.41) is 13.2. The molecule has 27 heavy (non-hydrogen) atoms. The number of nitrogens with one attached hydrogen (secondary N) is 1. The van der Waals surface area contributed by atoms with Crippen LogP contribution >= 0.6 is 0 Å². The zero-order valence-electron chi connectivity index (χ0n) is 18.2. The molecular formula is C24H47NO2. The highest BCUT2D eigenvalue weighted by Crippen LogP contribution is 2.18. The summed E-state index contributed by atoms with van der Waals surface area (Å²) in [7, 11) is 0. The maximum atomic E-state index is 11.9. The van der Waals surface area contributed by atoms with Gasteiger partial charge in [-0.25, -0.2) is 0 Å². The quantitative estimate of drug-likeness (QED) is 0.276. The van der Waals surface area contributed by atoms with Gasteiger partial charge in [0.05, 0.1) is 6.10 Å². The van der Waals surface area contributed by atoms with Gasteiger partial charge in [-0.3, -0.25) is 4.79 Å². The minimum absolute atomic E-state index is 0.0680. The van der Waals surface area contributed by atoms with Crippen LogP contribution in [0.15, 0.2) is 0 Å². The first-order valence-corrected chi connectivity index (χ1v) is 12.2. The number of amides is 1. The Labute approximate surface area is 169 Å². The molecule has 3 nitrogen and oxygen atoms in total. The van der Waals surface area contributed by atoms with Gasteiger partial charge in [-0.15, -0.1) is 0 Å². The largest absolute Gasteiger partial charge is 0.393 e. The molecule has 3 heteroatoms. The predicted octanol–water partition coefficient (Wildman–Crippen LogP) is 6.67. The fourth-order valence-corrected chi connectivity index (χ4v) is 4.22. The van der Waals surface area contributed by atoms with Crippen molar-refractivity contribution < 1.29 is 9.90 Å². The maximum absolute atomic E-state index is 11.9. The average molecular weight is 382 g/mol. The first-order valence-electron chi connectivity index (χ1n) is 12.2. The lowest BCUT2D eigenvalue weighted by Crippen LogP contribution is -2.35. The zero-order valence-corrected chi connectivity index (χ0v) is 18.2. The Balaban J connectivity index is 1.79. The Hall–Kier alpha value is -0.570. The van der Waals surface area contributed by atoms with Crippen molar-refractivity contribution in [2.75, 3.05) is 0 Å². The minimum atomic E-state index is -0.0680. The fourth-order valence-electron chi connectivity index (χ4n) is 4.22. The number of aliphatic hydroxyl groups is 1. The van der Waals surface area contributed by atoms with Crippen molar-refractivity contribution >= 4 is 5.91 Å². The highest BCUT2D eigenvalue weighted by molar-refractivity contribution is 5.76. The van der Waals surface area contributed by atoms with Crippen LogP contribution in [0.5, 0.6) is 0 Å². The summed E-state index contributed by atoms with van der Waals surface area (Å²) in [6, 6.07) is 0.459. The fraction of sp³-hybridized carbons (Fsp3) is 0.958. The van der Waals surface area contributed by atoms with Gasteiger partial charge >= 0.3 is 0 Å². The summed E-state index contributed by atoms with van der Waals surface area (Å²) in [6.07, 6.45) is 23.8. The summed E-state index contributed by atoms with van der Waals surface area (Å²) >= 11 is 0. The highest BCUT2D eigenvalue weighted by atomic mass is 16.3. The van der Waals surface area contributed by atoms with Crippen molar-refractivity contribution in [3.8, 4) is 0 Å². The first kappa shape index (κ1) is 24.5. The lowest BCUT2D eigenvalue weighted by molar-refractivity contribution is -0.122. The molecule has 1 amide bonds. The van der Waals surface area contributed by atoms with E-state index in [0.717, 1.165) is 19.3 Å². The van der Waals surface area contributed by atoms with Crippen LogP contribution in [-0.2, 0) is 4.79 Å². The Bertz CT molecular complexity index is 339. The molecular weight excluding hydrogens is 334 g/mol. The maximum Gasteiger partial charge on any atom is 0.220 e. The second kappa shape index (κ2) is 17.5. The van der Waals surface area contributed by atoms with Crippen molar-refractivity contribution in [1.82, 2.24) is 5.32 Å². The van der Waals surface area contributed by atoms with Gasteiger partial charge in [0.1, 0.15) is 0 Å². The third-order valence-electron chi connectivity index (χ3n) is 6.05. The van der Waals surface area contributed by atoms with E-state index < -0.39 is 0 Å². The van der Waals surface area contributed by atoms with E-state index in [9.17, 15) is 9.90 Å². The van der Waals surface area contributed by atoms with Crippen LogP contribution < -0.4 is 5.32 Å². The van der Waals surface area contributed by atoms with Crippen LogP contribution in [-0.4, -0.2) is 23.2 Å². The van der Waals surface area contributed by atoms with E-state index in [1.54, 1.807) is 0 Å². The molecule has 0 spiro atoms. The molecule has 0 aliphatic heterocycles. The molecule has 1 fully saturated rings. The van der Waals surface area contributed by atoms with Crippen LogP contribution in [0.4, 0.5) is 0 Å². The highest BCUT2D eigenvalue weighted by Gasteiger charge is 2.15. The summed E-state index contributed by atoms with van der Waals surface area (Å²) in [5.74, 6) is 0.273. The number of aliphatic hydroxyl groups excluding tert-OH is 1. The molecule has 1 atom stereocenters. The van der Waals surface area contributed by atoms with Crippen molar-refractivity contribution in [3.05, 3.63) is 0 Å². The van der Waals surface area contributed by atoms with Crippen LogP contribution in [0.2, 0.25) is 0 Å². The number of unbranched alkanes of at least 4 members (excludes halogenated alkanes) is 10. The van der Waals surface area contributed by atoms with Gasteiger partial charge < -0.3 is 10.4 Å². The van der Waals surface area contributed by atoms with Crippen LogP contribution in [0.1, 0.15) is 135 Å². The molecule has 1 unspecified atom stereocenters. The van der Waals surface area contributed by atoms with E-state index in [1.165, 1.54) is 103 Å². The Morgan fingerprint density at radius 2 is 1.33 bits per heavy atom. The topological polar surface area (TPSA) is 49.3 Å². The molecule has 0 heterocycles. The molecule has 1 rings (SSSR count). The SMILES string of the molecule is CCCCCCC(O)CCCCCCCCCCC(=O)NC1CCCCC1. The molecule has 1 aliphatic rings. The second-order valence-electron chi connectivity index (χ2n) is 8.77. The van der Waals surface area contributed by atoms with E-state index in [0.29, 0.717) is 12.5 Å². The van der Waals surface area contributed by atoms with Crippen molar-refractivity contribution in [2.24, 2.45) is 0 Å². The zero-order chi connectivity index (χ0) is 19.6. The number of hydrogen-bond donors (Lipinski definition) is 2. The van der Waals surface area contributed by atoms with Gasteiger partial charge in [-0.1, -0.05) is 96.8 Å². The molecule has 1 saturated carbocycles. The first-order chi connectivity index (χ1) is 13.2. The number of rotatable bonds is 17. The van der Waals surface area contributed by atoms with Gasteiger partial charge in [-0.2, -0.15) is 0 Å². The Kier molecular flexibility index (Phi) is 15.9. The van der Waals surface area contributed by atoms with Crippen LogP contribution in [0.3, 0.4) is 0 Å². The molecule has 0 aromatic rings. The number of carbonyl (C=O) groups is 1. The Morgan fingerprint density at radius 3 is 1.93 bits per heavy atom. The van der Waals surface area contributed by atoms with Crippen molar-refractivity contribution in [1.29, 1.82) is 0 Å². The van der Waals surface area contributed by atoms with Gasteiger partial charge in [-0.05, 0) is 32.1 Å². The predicted molar refractivity (Wildman–Crippen MR) is 116 cm³/mol. The molecule has 160 valence electrons. The van der Waals surface area contributed by atoms with Crippen LogP contribution in [0.25, 0.3) is 0 Å². The number of hydrogen-bond acceptors (Lipinski definition) is 2. The summed E-state index contributed by atoms with van der Waals surface area (Å²) in [4.78, 5) is 11.9. The molecule has 0 saturated heterocycles. The monoisotopic (exact) mass is 381 g/mol. The van der Waals surface area contributed by atoms with E-state index >= 15 is 0 Å². The summed E-state index contributed by atoms with van der Waals surface area (Å²) in [5.41, 5.74) is 0. The minimum Gasteiger partial charge on any atom is -0.393 e. The average Bonchev–Trinajstić information content (AvgIpc) is 2.67. The number of carbonyl (C=O) groups excluding carboxylic acids is 1. The molecule has 1 aliphatic carbocycles. The van der Waals surface area contributed by atoms with E-state index in [-0.39, 0.29) is 12.0 Å². The molecule has 0 aromatic carbocycles. The van der Waals surface area contributed by atoms with Crippen LogP contribution in [0, 0.1) is 0 Å². The third-order valence-corrected chi connectivity index (χ3v) is 6.05. The molecule has 0 radical (unpaired) electrons. The van der Waals surface area contributed by atoms with Crippen molar-refractivity contribution in [3.63, 3.8) is 0 Å². The summed E-state index contributed by atoms with van der Waals surface area (Å²) < 4.78 is 0. The van der Waals surface area contributed by atoms with Gasteiger partial charge in [0.15, 0.2) is 0 Å². The molecule has 0 bridgehead atoms. The van der Waals surface area contributed by atoms with Gasteiger partial charge in [0, 0.05) is 12.5 Å². The van der Waals surface area contributed by atoms with Crippen molar-refractivity contribution in [2.45, 2.75) is 147 Å². The van der Waals surface area contributed by atoms with E-state index in [2.05, 4.69) is 12.2 Å². The Morgan fingerprint density at radius 1 is 0.815 bits per heavy atom.